The van der Waals surface area contributed by atoms with Crippen molar-refractivity contribution in [3.8, 4) is 5.88 Å². The first-order chi connectivity index (χ1) is 6.06. The third-order valence-electron chi connectivity index (χ3n) is 1.46. The van der Waals surface area contributed by atoms with E-state index in [1.54, 1.807) is 0 Å². The average molecular weight is 186 g/mol. The molecule has 0 bridgehead atoms. The summed E-state index contributed by atoms with van der Waals surface area (Å²) in [6.07, 6.45) is 0. The van der Waals surface area contributed by atoms with Crippen LogP contribution >= 0.6 is 0 Å². The number of hydrogen-bond donors (Lipinski definition) is 3. The smallest absolute Gasteiger partial charge is 0.285 e. The van der Waals surface area contributed by atoms with E-state index in [1.165, 1.54) is 0 Å². The summed E-state index contributed by atoms with van der Waals surface area (Å²) >= 11 is 0. The molecule has 1 aromatic heterocycles. The van der Waals surface area contributed by atoms with Crippen LogP contribution in [-0.4, -0.2) is 20.1 Å². The summed E-state index contributed by atoms with van der Waals surface area (Å²) in [5, 5.41) is 28.0. The fraction of sp³-hybridized carbons (Fsp3) is 0.167. The Morgan fingerprint density at radius 1 is 1.62 bits per heavy atom. The number of aliphatic hydroxyl groups excluding tert-OH is 1. The predicted octanol–water partition coefficient (Wildman–Crippen LogP) is -0.519. The van der Waals surface area contributed by atoms with Crippen LogP contribution in [0.1, 0.15) is 5.56 Å². The first-order valence-electron chi connectivity index (χ1n) is 3.26. The molecule has 1 aromatic rings. The van der Waals surface area contributed by atoms with Gasteiger partial charge >= 0.3 is 0 Å². The zero-order valence-corrected chi connectivity index (χ0v) is 6.35. The van der Waals surface area contributed by atoms with Crippen LogP contribution in [0.5, 0.6) is 5.88 Å². The first-order valence-corrected chi connectivity index (χ1v) is 3.26. The molecule has 1 rings (SSSR count). The summed E-state index contributed by atoms with van der Waals surface area (Å²) in [6.45, 7) is -0.709. The van der Waals surface area contributed by atoms with Gasteiger partial charge in [-0.2, -0.15) is 0 Å². The van der Waals surface area contributed by atoms with Crippen LogP contribution in [0, 0.1) is 10.1 Å². The number of H-pyrrole nitrogens is 1. The number of pyridine rings is 1. The van der Waals surface area contributed by atoms with Crippen molar-refractivity contribution in [2.45, 2.75) is 6.61 Å². The molecule has 7 nitrogen and oxygen atoms in total. The highest BCUT2D eigenvalue weighted by Crippen LogP contribution is 2.22. The molecular weight excluding hydrogens is 180 g/mol. The van der Waals surface area contributed by atoms with E-state index < -0.39 is 28.7 Å². The Morgan fingerprint density at radius 2 is 2.23 bits per heavy atom. The van der Waals surface area contributed by atoms with Gasteiger partial charge in [-0.3, -0.25) is 19.9 Å². The summed E-state index contributed by atoms with van der Waals surface area (Å²) in [7, 11) is 0. The highest BCUT2D eigenvalue weighted by atomic mass is 16.6. The molecule has 0 saturated heterocycles. The standard InChI is InChI=1S/C6H6N2O5/c9-2-3-4(8(12)13)1-5(10)7-6(3)11/h1,9H,2H2,(H2,7,10,11). The van der Waals surface area contributed by atoms with Crippen LogP contribution in [0.25, 0.3) is 0 Å². The Kier molecular flexibility index (Phi) is 2.29. The minimum Gasteiger partial charge on any atom is -0.494 e. The Labute approximate surface area is 71.4 Å². The number of aromatic amines is 1. The zero-order valence-electron chi connectivity index (χ0n) is 6.35. The SMILES string of the molecule is O=c1cc([N+](=O)[O-])c(CO)c(O)[nH]1. The maximum atomic E-state index is 10.7. The highest BCUT2D eigenvalue weighted by Gasteiger charge is 2.18. The van der Waals surface area contributed by atoms with E-state index in [0.29, 0.717) is 6.07 Å². The average Bonchev–Trinajstić information content (AvgIpc) is 2.02. The maximum Gasteiger partial charge on any atom is 0.285 e. The summed E-state index contributed by atoms with van der Waals surface area (Å²) < 4.78 is 0. The zero-order chi connectivity index (χ0) is 10.0. The van der Waals surface area contributed by atoms with Gasteiger partial charge in [-0.05, 0) is 0 Å². The van der Waals surface area contributed by atoms with Gasteiger partial charge < -0.3 is 10.2 Å². The lowest BCUT2D eigenvalue weighted by Crippen LogP contribution is -2.08. The lowest BCUT2D eigenvalue weighted by atomic mass is 10.2. The van der Waals surface area contributed by atoms with Crippen LogP contribution in [-0.2, 0) is 6.61 Å². The van der Waals surface area contributed by atoms with Gasteiger partial charge in [0.05, 0.1) is 17.6 Å². The Bertz CT molecular complexity index is 397. The number of nitrogens with zero attached hydrogens (tertiary/aromatic N) is 1. The minimum atomic E-state index is -0.847. The Morgan fingerprint density at radius 3 is 2.69 bits per heavy atom. The maximum absolute atomic E-state index is 10.7. The molecule has 0 radical (unpaired) electrons. The summed E-state index contributed by atoms with van der Waals surface area (Å²) in [5.74, 6) is -0.679. The molecule has 0 unspecified atom stereocenters. The van der Waals surface area contributed by atoms with Gasteiger partial charge in [0.25, 0.3) is 11.2 Å². The largest absolute Gasteiger partial charge is 0.494 e. The molecule has 0 aliphatic rings. The Balaban J connectivity index is 3.47. The van der Waals surface area contributed by atoms with Crippen molar-refractivity contribution in [2.75, 3.05) is 0 Å². The van der Waals surface area contributed by atoms with Crippen LogP contribution in [0.2, 0.25) is 0 Å². The fourth-order valence-corrected chi connectivity index (χ4v) is 0.880. The number of aromatic nitrogens is 1. The van der Waals surface area contributed by atoms with Crippen molar-refractivity contribution < 1.29 is 15.1 Å². The number of aromatic hydroxyl groups is 1. The fourth-order valence-electron chi connectivity index (χ4n) is 0.880. The quantitative estimate of drug-likeness (QED) is 0.424. The van der Waals surface area contributed by atoms with Crippen LogP contribution < -0.4 is 5.56 Å². The number of hydrogen-bond acceptors (Lipinski definition) is 5. The van der Waals surface area contributed by atoms with E-state index in [2.05, 4.69) is 0 Å². The lowest BCUT2D eigenvalue weighted by molar-refractivity contribution is -0.386. The van der Waals surface area contributed by atoms with Crippen molar-refractivity contribution >= 4 is 5.69 Å². The molecule has 0 aromatic carbocycles. The molecule has 0 fully saturated rings. The van der Waals surface area contributed by atoms with Crippen LogP contribution in [0.4, 0.5) is 5.69 Å². The highest BCUT2D eigenvalue weighted by molar-refractivity contribution is 5.43. The molecule has 0 atom stereocenters. The van der Waals surface area contributed by atoms with Crippen molar-refractivity contribution in [2.24, 2.45) is 0 Å². The van der Waals surface area contributed by atoms with Crippen molar-refractivity contribution in [1.82, 2.24) is 4.98 Å². The first kappa shape index (κ1) is 9.20. The monoisotopic (exact) mass is 186 g/mol. The van der Waals surface area contributed by atoms with E-state index in [1.807, 2.05) is 4.98 Å². The van der Waals surface area contributed by atoms with Crippen LogP contribution in [0.3, 0.4) is 0 Å². The molecule has 70 valence electrons. The predicted molar refractivity (Wildman–Crippen MR) is 41.3 cm³/mol. The van der Waals surface area contributed by atoms with E-state index in [4.69, 9.17) is 10.2 Å². The van der Waals surface area contributed by atoms with Crippen molar-refractivity contribution in [1.29, 1.82) is 0 Å². The second-order valence-electron chi connectivity index (χ2n) is 2.26. The second-order valence-corrected chi connectivity index (χ2v) is 2.26. The number of nitrogens with one attached hydrogen (secondary N) is 1. The van der Waals surface area contributed by atoms with Gasteiger partial charge in [0, 0.05) is 0 Å². The molecule has 0 spiro atoms. The molecule has 1 heterocycles. The van der Waals surface area contributed by atoms with E-state index in [-0.39, 0.29) is 5.56 Å². The summed E-state index contributed by atoms with van der Waals surface area (Å²) in [4.78, 5) is 22.1. The second kappa shape index (κ2) is 3.23. The number of nitro groups is 1. The molecular formula is C6H6N2O5. The van der Waals surface area contributed by atoms with Crippen molar-refractivity contribution in [3.63, 3.8) is 0 Å². The number of aliphatic hydroxyl groups is 1. The molecule has 13 heavy (non-hydrogen) atoms. The topological polar surface area (TPSA) is 116 Å². The Hall–Kier alpha value is -1.89. The lowest BCUT2D eigenvalue weighted by Gasteiger charge is -2.00. The normalized spacial score (nSPS) is 9.92. The van der Waals surface area contributed by atoms with Gasteiger partial charge in [0.15, 0.2) is 0 Å². The van der Waals surface area contributed by atoms with E-state index in [9.17, 15) is 14.9 Å². The third-order valence-corrected chi connectivity index (χ3v) is 1.46. The molecule has 0 aliphatic carbocycles. The van der Waals surface area contributed by atoms with Gasteiger partial charge in [-0.1, -0.05) is 0 Å². The van der Waals surface area contributed by atoms with Crippen LogP contribution in [0.15, 0.2) is 10.9 Å². The third kappa shape index (κ3) is 1.64. The molecule has 7 heteroatoms. The van der Waals surface area contributed by atoms with E-state index in [0.717, 1.165) is 0 Å². The number of rotatable bonds is 2. The molecule has 3 N–H and O–H groups in total. The van der Waals surface area contributed by atoms with Crippen molar-refractivity contribution in [3.05, 3.63) is 32.1 Å². The minimum absolute atomic E-state index is 0.301. The van der Waals surface area contributed by atoms with E-state index >= 15 is 0 Å². The van der Waals surface area contributed by atoms with Gasteiger partial charge in [0.1, 0.15) is 5.56 Å². The summed E-state index contributed by atoms with van der Waals surface area (Å²) in [5.41, 5.74) is -1.69. The van der Waals surface area contributed by atoms with Gasteiger partial charge in [0.2, 0.25) is 5.88 Å². The molecule has 0 aliphatic heterocycles. The summed E-state index contributed by atoms with van der Waals surface area (Å²) in [6, 6.07) is 0.700. The van der Waals surface area contributed by atoms with Gasteiger partial charge in [-0.25, -0.2) is 0 Å². The molecule has 0 saturated carbocycles. The molecule has 0 amide bonds. The van der Waals surface area contributed by atoms with Gasteiger partial charge in [-0.15, -0.1) is 0 Å².